The Hall–Kier alpha value is -2.48. The maximum atomic E-state index is 13.7. The first-order valence-corrected chi connectivity index (χ1v) is 8.44. The Bertz CT molecular complexity index is 747. The van der Waals surface area contributed by atoms with E-state index in [1.54, 1.807) is 11.1 Å². The Morgan fingerprint density at radius 1 is 1.38 bits per heavy atom. The van der Waals surface area contributed by atoms with E-state index in [0.29, 0.717) is 12.2 Å². The molecule has 1 fully saturated rings. The molecule has 3 rings (SSSR count). The summed E-state index contributed by atoms with van der Waals surface area (Å²) < 4.78 is 13.7. The molecular formula is C16H17FN4O2S. The number of carbonyl (C=O) groups is 2. The van der Waals surface area contributed by atoms with Gasteiger partial charge >= 0.3 is 6.03 Å². The number of nitrogens with one attached hydrogen (secondary N) is 2. The molecule has 1 aliphatic carbocycles. The fraction of sp³-hybridized carbons (Fsp3) is 0.312. The van der Waals surface area contributed by atoms with E-state index in [-0.39, 0.29) is 23.7 Å². The molecule has 0 saturated heterocycles. The lowest BCUT2D eigenvalue weighted by molar-refractivity contribution is -0.114. The molecule has 0 spiro atoms. The van der Waals surface area contributed by atoms with Crippen LogP contribution in [0.15, 0.2) is 29.8 Å². The van der Waals surface area contributed by atoms with Crippen LogP contribution >= 0.6 is 11.3 Å². The number of hydrogen-bond acceptors (Lipinski definition) is 4. The molecule has 6 nitrogen and oxygen atoms in total. The smallest absolute Gasteiger partial charge is 0.322 e. The van der Waals surface area contributed by atoms with Crippen LogP contribution in [-0.2, 0) is 11.3 Å². The lowest BCUT2D eigenvalue weighted by Gasteiger charge is -2.22. The molecule has 3 amide bonds. The van der Waals surface area contributed by atoms with Crippen LogP contribution < -0.4 is 10.6 Å². The third kappa shape index (κ3) is 4.08. The Morgan fingerprint density at radius 3 is 2.79 bits per heavy atom. The molecular weight excluding hydrogens is 331 g/mol. The van der Waals surface area contributed by atoms with Gasteiger partial charge in [-0.05, 0) is 31.0 Å². The lowest BCUT2D eigenvalue weighted by atomic mass is 10.2. The minimum Gasteiger partial charge on any atom is -0.324 e. The number of rotatable bonds is 5. The summed E-state index contributed by atoms with van der Waals surface area (Å²) in [4.78, 5) is 29.6. The zero-order valence-corrected chi connectivity index (χ0v) is 13.9. The largest absolute Gasteiger partial charge is 0.324 e. The minimum absolute atomic E-state index is 0.0400. The molecule has 2 N–H and O–H groups in total. The maximum absolute atomic E-state index is 13.7. The molecule has 1 heterocycles. The number of nitrogens with zero attached hydrogens (tertiary/aromatic N) is 2. The van der Waals surface area contributed by atoms with Crippen molar-refractivity contribution in [3.63, 3.8) is 0 Å². The lowest BCUT2D eigenvalue weighted by Crippen LogP contribution is -2.36. The van der Waals surface area contributed by atoms with Gasteiger partial charge < -0.3 is 15.5 Å². The highest BCUT2D eigenvalue weighted by Gasteiger charge is 2.33. The van der Waals surface area contributed by atoms with Crippen LogP contribution in [0.5, 0.6) is 0 Å². The zero-order valence-electron chi connectivity index (χ0n) is 13.1. The van der Waals surface area contributed by atoms with E-state index < -0.39 is 5.82 Å². The van der Waals surface area contributed by atoms with Crippen molar-refractivity contribution in [3.05, 3.63) is 40.6 Å². The zero-order chi connectivity index (χ0) is 17.1. The summed E-state index contributed by atoms with van der Waals surface area (Å²) >= 11 is 1.50. The van der Waals surface area contributed by atoms with Crippen molar-refractivity contribution < 1.29 is 14.0 Å². The number of carbonyl (C=O) groups excluding carboxylic acids is 2. The van der Waals surface area contributed by atoms with Crippen LogP contribution in [0.4, 0.5) is 20.6 Å². The van der Waals surface area contributed by atoms with Crippen LogP contribution in [0, 0.1) is 5.82 Å². The van der Waals surface area contributed by atoms with Crippen molar-refractivity contribution in [1.82, 2.24) is 9.88 Å². The molecule has 24 heavy (non-hydrogen) atoms. The van der Waals surface area contributed by atoms with Crippen LogP contribution in [0.1, 0.15) is 24.8 Å². The van der Waals surface area contributed by atoms with E-state index >= 15 is 0 Å². The molecule has 0 aliphatic heterocycles. The summed E-state index contributed by atoms with van der Waals surface area (Å²) in [6.45, 7) is 1.75. The number of amides is 3. The quantitative estimate of drug-likeness (QED) is 0.869. The summed E-state index contributed by atoms with van der Waals surface area (Å²) in [6.07, 6.45) is 3.65. The number of halogens is 1. The molecule has 2 aromatic rings. The standard InChI is InChI=1S/C16H17FN4O2S/c1-10(22)19-14-8-11(2-5-13(14)17)20-16(23)21(12-3-4-12)9-15-18-6-7-24-15/h2,5-8,12H,3-4,9H2,1H3,(H,19,22)(H,20,23). The first-order valence-electron chi connectivity index (χ1n) is 7.56. The second-order valence-corrected chi connectivity index (χ2v) is 6.57. The summed E-state index contributed by atoms with van der Waals surface area (Å²) in [7, 11) is 0. The Morgan fingerprint density at radius 2 is 2.17 bits per heavy atom. The van der Waals surface area contributed by atoms with Gasteiger partial charge in [-0.1, -0.05) is 0 Å². The topological polar surface area (TPSA) is 74.3 Å². The summed E-state index contributed by atoms with van der Waals surface area (Å²) in [6, 6.07) is 4.04. The van der Waals surface area contributed by atoms with Gasteiger partial charge in [0, 0.05) is 30.2 Å². The van der Waals surface area contributed by atoms with Gasteiger partial charge in [-0.15, -0.1) is 11.3 Å². The molecule has 0 unspecified atom stereocenters. The molecule has 1 aliphatic rings. The molecule has 0 radical (unpaired) electrons. The highest BCUT2D eigenvalue weighted by atomic mass is 32.1. The third-order valence-electron chi connectivity index (χ3n) is 3.57. The van der Waals surface area contributed by atoms with Gasteiger partial charge in [0.2, 0.25) is 5.91 Å². The SMILES string of the molecule is CC(=O)Nc1cc(NC(=O)N(Cc2nccs2)C2CC2)ccc1F. The predicted octanol–water partition coefficient (Wildman–Crippen LogP) is 3.44. The second-order valence-electron chi connectivity index (χ2n) is 5.59. The van der Waals surface area contributed by atoms with Gasteiger partial charge in [0.05, 0.1) is 12.2 Å². The van der Waals surface area contributed by atoms with Crippen molar-refractivity contribution in [2.45, 2.75) is 32.4 Å². The summed E-state index contributed by atoms with van der Waals surface area (Å²) in [5.74, 6) is -0.925. The predicted molar refractivity (Wildman–Crippen MR) is 90.4 cm³/mol. The number of urea groups is 1. The van der Waals surface area contributed by atoms with Crippen LogP contribution in [0.2, 0.25) is 0 Å². The van der Waals surface area contributed by atoms with Gasteiger partial charge in [-0.3, -0.25) is 4.79 Å². The molecule has 8 heteroatoms. The summed E-state index contributed by atoms with van der Waals surface area (Å²) in [5.41, 5.74) is 0.466. The molecule has 0 bridgehead atoms. The average Bonchev–Trinajstić information content (AvgIpc) is 3.23. The second kappa shape index (κ2) is 6.96. The average molecular weight is 348 g/mol. The van der Waals surface area contributed by atoms with Crippen LogP contribution in [0.25, 0.3) is 0 Å². The van der Waals surface area contributed by atoms with E-state index in [0.717, 1.165) is 17.8 Å². The highest BCUT2D eigenvalue weighted by Crippen LogP contribution is 2.29. The minimum atomic E-state index is -0.551. The van der Waals surface area contributed by atoms with Gasteiger partial charge in [-0.25, -0.2) is 14.2 Å². The molecule has 0 atom stereocenters. The first kappa shape index (κ1) is 16.4. The van der Waals surface area contributed by atoms with Crippen molar-refractivity contribution in [2.24, 2.45) is 0 Å². The van der Waals surface area contributed by atoms with Gasteiger partial charge in [-0.2, -0.15) is 0 Å². The molecule has 1 aromatic carbocycles. The van der Waals surface area contributed by atoms with Gasteiger partial charge in [0.15, 0.2) is 0 Å². The third-order valence-corrected chi connectivity index (χ3v) is 4.33. The molecule has 1 aromatic heterocycles. The molecule has 1 saturated carbocycles. The van der Waals surface area contributed by atoms with E-state index in [1.807, 2.05) is 5.38 Å². The van der Waals surface area contributed by atoms with E-state index in [9.17, 15) is 14.0 Å². The van der Waals surface area contributed by atoms with Gasteiger partial charge in [0.25, 0.3) is 0 Å². The fourth-order valence-electron chi connectivity index (χ4n) is 2.31. The van der Waals surface area contributed by atoms with Crippen molar-refractivity contribution >= 4 is 34.6 Å². The summed E-state index contributed by atoms with van der Waals surface area (Å²) in [5, 5.41) is 7.91. The van der Waals surface area contributed by atoms with Crippen molar-refractivity contribution in [3.8, 4) is 0 Å². The Kier molecular flexibility index (Phi) is 4.75. The van der Waals surface area contributed by atoms with E-state index in [1.165, 1.54) is 36.5 Å². The van der Waals surface area contributed by atoms with Crippen LogP contribution in [0.3, 0.4) is 0 Å². The fourth-order valence-corrected chi connectivity index (χ4v) is 2.93. The van der Waals surface area contributed by atoms with Crippen LogP contribution in [-0.4, -0.2) is 27.9 Å². The maximum Gasteiger partial charge on any atom is 0.322 e. The number of thiazole rings is 1. The van der Waals surface area contributed by atoms with Gasteiger partial charge in [0.1, 0.15) is 10.8 Å². The van der Waals surface area contributed by atoms with Crippen molar-refractivity contribution in [1.29, 1.82) is 0 Å². The highest BCUT2D eigenvalue weighted by molar-refractivity contribution is 7.09. The van der Waals surface area contributed by atoms with E-state index in [2.05, 4.69) is 15.6 Å². The van der Waals surface area contributed by atoms with Crippen molar-refractivity contribution in [2.75, 3.05) is 10.6 Å². The number of hydrogen-bond donors (Lipinski definition) is 2. The Labute approximate surface area is 142 Å². The number of anilines is 2. The first-order chi connectivity index (χ1) is 11.5. The number of benzene rings is 1. The monoisotopic (exact) mass is 348 g/mol. The Balaban J connectivity index is 1.71. The van der Waals surface area contributed by atoms with E-state index in [4.69, 9.17) is 0 Å². The number of aromatic nitrogens is 1. The normalized spacial score (nSPS) is 13.4. The molecule has 126 valence electrons.